The highest BCUT2D eigenvalue weighted by atomic mass is 32.1. The predicted molar refractivity (Wildman–Crippen MR) is 110 cm³/mol. The standard InChI is InChI=1S/C22H23N3O3S/c26-19(11-13-25-21(27)14-6-1-2-7-15(14)22(25)28)24-12-5-9-17(24)20-23-16-8-3-4-10-18(16)29-20/h1-4,8,10,14-15,17H,5-7,9,11-13H2/t14-,15+,17-/m1/s1. The Hall–Kier alpha value is -2.54. The Morgan fingerprint density at radius 1 is 1.10 bits per heavy atom. The van der Waals surface area contributed by atoms with Crippen molar-refractivity contribution in [2.45, 2.75) is 38.1 Å². The van der Waals surface area contributed by atoms with Gasteiger partial charge in [-0.2, -0.15) is 0 Å². The topological polar surface area (TPSA) is 70.6 Å². The number of carbonyl (C=O) groups is 3. The molecule has 2 saturated heterocycles. The number of rotatable bonds is 4. The van der Waals surface area contributed by atoms with Crippen LogP contribution in [-0.4, -0.2) is 45.6 Å². The van der Waals surface area contributed by atoms with Gasteiger partial charge < -0.3 is 4.90 Å². The molecule has 7 heteroatoms. The molecular weight excluding hydrogens is 386 g/mol. The third-order valence-corrected chi connectivity index (χ3v) is 7.45. The summed E-state index contributed by atoms with van der Waals surface area (Å²) in [5, 5.41) is 0.975. The van der Waals surface area contributed by atoms with Gasteiger partial charge in [-0.1, -0.05) is 24.3 Å². The number of amides is 3. The lowest BCUT2D eigenvalue weighted by atomic mass is 9.85. The molecule has 1 aromatic heterocycles. The average molecular weight is 410 g/mol. The maximum Gasteiger partial charge on any atom is 0.233 e. The number of hydrogen-bond donors (Lipinski definition) is 0. The molecule has 0 unspecified atom stereocenters. The van der Waals surface area contributed by atoms with Gasteiger partial charge in [-0.25, -0.2) is 4.98 Å². The second-order valence-electron chi connectivity index (χ2n) is 8.00. The van der Waals surface area contributed by atoms with E-state index in [-0.39, 0.29) is 48.6 Å². The molecule has 3 atom stereocenters. The van der Waals surface area contributed by atoms with E-state index < -0.39 is 0 Å². The minimum atomic E-state index is -0.232. The first kappa shape index (κ1) is 18.5. The minimum absolute atomic E-state index is 0.000327. The van der Waals surface area contributed by atoms with Gasteiger partial charge in [0.15, 0.2) is 0 Å². The molecule has 5 rings (SSSR count). The molecule has 3 heterocycles. The number of thiazole rings is 1. The van der Waals surface area contributed by atoms with E-state index in [0.29, 0.717) is 19.4 Å². The molecule has 29 heavy (non-hydrogen) atoms. The van der Waals surface area contributed by atoms with Crippen LogP contribution in [0, 0.1) is 11.8 Å². The largest absolute Gasteiger partial charge is 0.333 e. The summed E-state index contributed by atoms with van der Waals surface area (Å²) in [6, 6.07) is 8.02. The van der Waals surface area contributed by atoms with Crippen LogP contribution in [0.2, 0.25) is 0 Å². The summed E-state index contributed by atoms with van der Waals surface area (Å²) in [6.07, 6.45) is 7.26. The summed E-state index contributed by atoms with van der Waals surface area (Å²) >= 11 is 1.64. The molecule has 1 aliphatic carbocycles. The summed E-state index contributed by atoms with van der Waals surface area (Å²) in [4.78, 5) is 46.1. The zero-order valence-corrected chi connectivity index (χ0v) is 16.9. The second kappa shape index (κ2) is 7.37. The molecule has 0 radical (unpaired) electrons. The number of carbonyl (C=O) groups excluding carboxylic acids is 3. The van der Waals surface area contributed by atoms with Gasteiger partial charge in [0.05, 0.1) is 28.1 Å². The fourth-order valence-electron chi connectivity index (χ4n) is 4.79. The average Bonchev–Trinajstić information content (AvgIpc) is 3.44. The Morgan fingerprint density at radius 2 is 1.83 bits per heavy atom. The molecule has 2 aliphatic heterocycles. The quantitative estimate of drug-likeness (QED) is 0.574. The predicted octanol–water partition coefficient (Wildman–Crippen LogP) is 3.30. The lowest BCUT2D eigenvalue weighted by Gasteiger charge is -2.24. The molecule has 6 nitrogen and oxygen atoms in total. The SMILES string of the molecule is O=C1[C@H]2CC=CC[C@H]2C(=O)N1CCC(=O)N1CCC[C@@H]1c1nc2ccccc2s1. The summed E-state index contributed by atoms with van der Waals surface area (Å²) in [5.41, 5.74) is 0.969. The smallest absolute Gasteiger partial charge is 0.233 e. The van der Waals surface area contributed by atoms with Crippen LogP contribution in [0.15, 0.2) is 36.4 Å². The summed E-state index contributed by atoms with van der Waals surface area (Å²) in [5.74, 6) is -0.683. The van der Waals surface area contributed by atoms with E-state index in [1.165, 1.54) is 4.90 Å². The number of aromatic nitrogens is 1. The maximum atomic E-state index is 13.0. The second-order valence-corrected chi connectivity index (χ2v) is 9.06. The zero-order chi connectivity index (χ0) is 20.0. The monoisotopic (exact) mass is 409 g/mol. The number of benzene rings is 1. The molecule has 3 aliphatic rings. The number of para-hydroxylation sites is 1. The molecule has 0 N–H and O–H groups in total. The van der Waals surface area contributed by atoms with Gasteiger partial charge in [0.2, 0.25) is 17.7 Å². The Bertz CT molecular complexity index is 955. The van der Waals surface area contributed by atoms with Crippen LogP contribution in [0.4, 0.5) is 0 Å². The molecule has 150 valence electrons. The number of imide groups is 1. The molecule has 0 bridgehead atoms. The van der Waals surface area contributed by atoms with Gasteiger partial charge in [-0.3, -0.25) is 19.3 Å². The van der Waals surface area contributed by atoms with Crippen LogP contribution < -0.4 is 0 Å². The molecule has 2 aromatic rings. The minimum Gasteiger partial charge on any atom is -0.333 e. The van der Waals surface area contributed by atoms with Crippen molar-refractivity contribution in [2.75, 3.05) is 13.1 Å². The van der Waals surface area contributed by atoms with Crippen molar-refractivity contribution in [3.05, 3.63) is 41.4 Å². The normalized spacial score (nSPS) is 26.6. The Morgan fingerprint density at radius 3 is 2.55 bits per heavy atom. The fraction of sp³-hybridized carbons (Fsp3) is 0.455. The third kappa shape index (κ3) is 3.17. The highest BCUT2D eigenvalue weighted by molar-refractivity contribution is 7.18. The van der Waals surface area contributed by atoms with Crippen molar-refractivity contribution in [3.8, 4) is 0 Å². The molecule has 0 spiro atoms. The van der Waals surface area contributed by atoms with E-state index in [4.69, 9.17) is 4.98 Å². The number of allylic oxidation sites excluding steroid dienone is 2. The van der Waals surface area contributed by atoms with Crippen molar-refractivity contribution in [3.63, 3.8) is 0 Å². The first-order valence-electron chi connectivity index (χ1n) is 10.3. The van der Waals surface area contributed by atoms with Crippen LogP contribution in [-0.2, 0) is 14.4 Å². The van der Waals surface area contributed by atoms with Crippen LogP contribution in [0.25, 0.3) is 10.2 Å². The number of fused-ring (bicyclic) bond motifs is 2. The zero-order valence-electron chi connectivity index (χ0n) is 16.1. The van der Waals surface area contributed by atoms with Gasteiger partial charge in [-0.05, 0) is 37.8 Å². The molecule has 3 amide bonds. The maximum absolute atomic E-state index is 13.0. The summed E-state index contributed by atoms with van der Waals surface area (Å²) < 4.78 is 1.13. The van der Waals surface area contributed by atoms with Gasteiger partial charge in [0.1, 0.15) is 5.01 Å². The van der Waals surface area contributed by atoms with Crippen molar-refractivity contribution < 1.29 is 14.4 Å². The van der Waals surface area contributed by atoms with Gasteiger partial charge in [0.25, 0.3) is 0 Å². The Kier molecular flexibility index (Phi) is 4.70. The van der Waals surface area contributed by atoms with Gasteiger partial charge in [-0.15, -0.1) is 11.3 Å². The molecule has 1 aromatic carbocycles. The summed E-state index contributed by atoms with van der Waals surface area (Å²) in [7, 11) is 0. The highest BCUT2D eigenvalue weighted by Gasteiger charge is 2.47. The van der Waals surface area contributed by atoms with Gasteiger partial charge in [0, 0.05) is 19.5 Å². The van der Waals surface area contributed by atoms with E-state index in [0.717, 1.165) is 28.1 Å². The van der Waals surface area contributed by atoms with E-state index in [1.54, 1.807) is 11.3 Å². The number of hydrogen-bond acceptors (Lipinski definition) is 5. The van der Waals surface area contributed by atoms with E-state index in [9.17, 15) is 14.4 Å². The van der Waals surface area contributed by atoms with Crippen molar-refractivity contribution >= 4 is 39.3 Å². The van der Waals surface area contributed by atoms with Crippen molar-refractivity contribution in [2.24, 2.45) is 11.8 Å². The third-order valence-electron chi connectivity index (χ3n) is 6.32. The number of likely N-dealkylation sites (tertiary alicyclic amines) is 2. The van der Waals surface area contributed by atoms with E-state index in [2.05, 4.69) is 6.07 Å². The Balaban J connectivity index is 1.27. The van der Waals surface area contributed by atoms with Crippen molar-refractivity contribution in [1.29, 1.82) is 0 Å². The number of nitrogens with zero attached hydrogens (tertiary/aromatic N) is 3. The van der Waals surface area contributed by atoms with Crippen LogP contribution in [0.3, 0.4) is 0 Å². The van der Waals surface area contributed by atoms with Crippen molar-refractivity contribution in [1.82, 2.24) is 14.8 Å². The fourth-order valence-corrected chi connectivity index (χ4v) is 5.91. The van der Waals surface area contributed by atoms with Crippen LogP contribution in [0.5, 0.6) is 0 Å². The lowest BCUT2D eigenvalue weighted by Crippen LogP contribution is -2.37. The van der Waals surface area contributed by atoms with Crippen LogP contribution in [0.1, 0.15) is 43.2 Å². The van der Waals surface area contributed by atoms with E-state index >= 15 is 0 Å². The molecule has 2 fully saturated rings. The first-order chi connectivity index (χ1) is 14.1. The lowest BCUT2D eigenvalue weighted by molar-refractivity contribution is -0.141. The van der Waals surface area contributed by atoms with E-state index in [1.807, 2.05) is 35.3 Å². The molecule has 0 saturated carbocycles. The summed E-state index contributed by atoms with van der Waals surface area (Å²) in [6.45, 7) is 0.892. The Labute approximate surface area is 173 Å². The molecular formula is C22H23N3O3S. The van der Waals surface area contributed by atoms with Crippen LogP contribution >= 0.6 is 11.3 Å². The van der Waals surface area contributed by atoms with Gasteiger partial charge >= 0.3 is 0 Å². The first-order valence-corrected chi connectivity index (χ1v) is 11.1. The highest BCUT2D eigenvalue weighted by Crippen LogP contribution is 2.38.